The molecule has 5 nitrogen and oxygen atoms in total. The molecule has 0 radical (unpaired) electrons. The molecule has 0 bridgehead atoms. The molecule has 0 atom stereocenters. The summed E-state index contributed by atoms with van der Waals surface area (Å²) >= 11 is 0. The van der Waals surface area contributed by atoms with Crippen LogP contribution in [0.25, 0.3) is 0 Å². The Bertz CT molecular complexity index is 294. The smallest absolute Gasteiger partial charge is 0.233 e. The van der Waals surface area contributed by atoms with E-state index >= 15 is 0 Å². The van der Waals surface area contributed by atoms with Gasteiger partial charge in [-0.05, 0) is 31.6 Å². The Balaban J connectivity index is 2.64. The molecule has 0 heterocycles. The molecule has 1 aliphatic carbocycles. The van der Waals surface area contributed by atoms with Gasteiger partial charge in [0.25, 0.3) is 0 Å². The average molecular weight is 241 g/mol. The maximum absolute atomic E-state index is 12.2. The van der Waals surface area contributed by atoms with Crippen LogP contribution in [0.15, 0.2) is 5.16 Å². The Morgan fingerprint density at radius 1 is 1.47 bits per heavy atom. The van der Waals surface area contributed by atoms with Crippen molar-refractivity contribution in [1.82, 2.24) is 5.32 Å². The van der Waals surface area contributed by atoms with Crippen molar-refractivity contribution in [3.63, 3.8) is 0 Å². The van der Waals surface area contributed by atoms with Crippen LogP contribution in [0.1, 0.15) is 46.0 Å². The highest BCUT2D eigenvalue weighted by atomic mass is 16.4. The SMILES string of the molecule is CCC(CC)(C(=O)NCC1CCC1)C(N)=NO. The van der Waals surface area contributed by atoms with Gasteiger partial charge < -0.3 is 16.3 Å². The van der Waals surface area contributed by atoms with Gasteiger partial charge in [-0.1, -0.05) is 25.4 Å². The second-order valence-corrected chi connectivity index (χ2v) is 4.78. The van der Waals surface area contributed by atoms with E-state index in [9.17, 15) is 4.79 Å². The van der Waals surface area contributed by atoms with Gasteiger partial charge in [0.05, 0.1) is 0 Å². The summed E-state index contributed by atoms with van der Waals surface area (Å²) in [5.41, 5.74) is 4.80. The summed E-state index contributed by atoms with van der Waals surface area (Å²) in [4.78, 5) is 12.2. The van der Waals surface area contributed by atoms with E-state index in [-0.39, 0.29) is 11.7 Å². The molecular formula is C12H23N3O2. The molecule has 98 valence electrons. The van der Waals surface area contributed by atoms with E-state index < -0.39 is 5.41 Å². The summed E-state index contributed by atoms with van der Waals surface area (Å²) in [5.74, 6) is 0.496. The maximum atomic E-state index is 12.2. The molecule has 0 unspecified atom stereocenters. The number of hydrogen-bond acceptors (Lipinski definition) is 3. The van der Waals surface area contributed by atoms with Crippen molar-refractivity contribution in [3.05, 3.63) is 0 Å². The molecule has 0 aromatic rings. The van der Waals surface area contributed by atoms with Crippen molar-refractivity contribution in [1.29, 1.82) is 0 Å². The minimum absolute atomic E-state index is 0.00797. The van der Waals surface area contributed by atoms with Crippen LogP contribution in [0, 0.1) is 11.3 Å². The lowest BCUT2D eigenvalue weighted by molar-refractivity contribution is -0.128. The average Bonchev–Trinajstić information content (AvgIpc) is 2.29. The van der Waals surface area contributed by atoms with Gasteiger partial charge in [0.15, 0.2) is 5.84 Å². The van der Waals surface area contributed by atoms with Crippen LogP contribution in [0.4, 0.5) is 0 Å². The fraction of sp³-hybridized carbons (Fsp3) is 0.833. The molecule has 0 aliphatic heterocycles. The van der Waals surface area contributed by atoms with E-state index in [0.717, 1.165) is 0 Å². The van der Waals surface area contributed by atoms with Gasteiger partial charge in [-0.25, -0.2) is 0 Å². The summed E-state index contributed by atoms with van der Waals surface area (Å²) in [6.45, 7) is 4.47. The fourth-order valence-electron chi connectivity index (χ4n) is 2.25. The molecular weight excluding hydrogens is 218 g/mol. The van der Waals surface area contributed by atoms with Crippen LogP contribution in [0.2, 0.25) is 0 Å². The first-order valence-electron chi connectivity index (χ1n) is 6.37. The predicted octanol–water partition coefficient (Wildman–Crippen LogP) is 1.46. The molecule has 0 saturated heterocycles. The molecule has 0 spiro atoms. The summed E-state index contributed by atoms with van der Waals surface area (Å²) < 4.78 is 0. The Hall–Kier alpha value is -1.26. The molecule has 1 saturated carbocycles. The summed E-state index contributed by atoms with van der Waals surface area (Å²) in [6.07, 6.45) is 4.71. The van der Waals surface area contributed by atoms with Gasteiger partial charge in [-0.2, -0.15) is 0 Å². The molecule has 1 aliphatic rings. The van der Waals surface area contributed by atoms with E-state index in [1.807, 2.05) is 13.8 Å². The monoisotopic (exact) mass is 241 g/mol. The van der Waals surface area contributed by atoms with Gasteiger partial charge in [0, 0.05) is 6.54 Å². The Morgan fingerprint density at radius 3 is 2.41 bits per heavy atom. The number of oxime groups is 1. The largest absolute Gasteiger partial charge is 0.409 e. The minimum Gasteiger partial charge on any atom is -0.409 e. The van der Waals surface area contributed by atoms with Gasteiger partial charge in [0.2, 0.25) is 5.91 Å². The lowest BCUT2D eigenvalue weighted by atomic mass is 9.79. The van der Waals surface area contributed by atoms with E-state index in [1.165, 1.54) is 19.3 Å². The number of rotatable bonds is 6. The number of nitrogens with zero attached hydrogens (tertiary/aromatic N) is 1. The highest BCUT2D eigenvalue weighted by molar-refractivity contribution is 6.06. The summed E-state index contributed by atoms with van der Waals surface area (Å²) in [5, 5.41) is 14.7. The van der Waals surface area contributed by atoms with E-state index in [4.69, 9.17) is 10.9 Å². The maximum Gasteiger partial charge on any atom is 0.233 e. The first kappa shape index (κ1) is 13.8. The third-order valence-corrected chi connectivity index (χ3v) is 4.02. The van der Waals surface area contributed by atoms with Crippen molar-refractivity contribution in [2.75, 3.05) is 6.54 Å². The van der Waals surface area contributed by atoms with Crippen LogP contribution >= 0.6 is 0 Å². The van der Waals surface area contributed by atoms with Crippen LogP contribution in [-0.2, 0) is 4.79 Å². The zero-order chi connectivity index (χ0) is 12.9. The third-order valence-electron chi connectivity index (χ3n) is 4.02. The topological polar surface area (TPSA) is 87.7 Å². The lowest BCUT2D eigenvalue weighted by Gasteiger charge is -2.31. The number of amides is 1. The number of nitrogens with one attached hydrogen (secondary N) is 1. The second-order valence-electron chi connectivity index (χ2n) is 4.78. The normalized spacial score (nSPS) is 17.6. The Labute approximate surface area is 102 Å². The minimum atomic E-state index is -0.863. The van der Waals surface area contributed by atoms with Crippen LogP contribution in [0.3, 0.4) is 0 Å². The highest BCUT2D eigenvalue weighted by Crippen LogP contribution is 2.29. The van der Waals surface area contributed by atoms with Crippen molar-refractivity contribution in [3.8, 4) is 0 Å². The summed E-state index contributed by atoms with van der Waals surface area (Å²) in [7, 11) is 0. The molecule has 0 aromatic carbocycles. The number of amidine groups is 1. The molecule has 1 amide bonds. The van der Waals surface area contributed by atoms with Gasteiger partial charge >= 0.3 is 0 Å². The quantitative estimate of drug-likeness (QED) is 0.285. The first-order chi connectivity index (χ1) is 8.10. The number of carbonyl (C=O) groups excluding carboxylic acids is 1. The molecule has 0 aromatic heterocycles. The van der Waals surface area contributed by atoms with E-state index in [0.29, 0.717) is 25.3 Å². The second kappa shape index (κ2) is 5.89. The van der Waals surface area contributed by atoms with E-state index in [2.05, 4.69) is 10.5 Å². The van der Waals surface area contributed by atoms with Gasteiger partial charge in [0.1, 0.15) is 5.41 Å². The Kier molecular flexibility index (Phi) is 4.78. The van der Waals surface area contributed by atoms with Crippen molar-refractivity contribution >= 4 is 11.7 Å². The molecule has 4 N–H and O–H groups in total. The van der Waals surface area contributed by atoms with Gasteiger partial charge in [-0.15, -0.1) is 0 Å². The molecule has 5 heteroatoms. The first-order valence-corrected chi connectivity index (χ1v) is 6.37. The molecule has 1 fully saturated rings. The highest BCUT2D eigenvalue weighted by Gasteiger charge is 2.39. The Morgan fingerprint density at radius 2 is 2.06 bits per heavy atom. The third kappa shape index (κ3) is 2.70. The summed E-state index contributed by atoms with van der Waals surface area (Å²) in [6, 6.07) is 0. The van der Waals surface area contributed by atoms with Gasteiger partial charge in [-0.3, -0.25) is 4.79 Å². The van der Waals surface area contributed by atoms with Crippen molar-refractivity contribution in [2.24, 2.45) is 22.2 Å². The zero-order valence-corrected chi connectivity index (χ0v) is 10.7. The predicted molar refractivity (Wildman–Crippen MR) is 66.8 cm³/mol. The van der Waals surface area contributed by atoms with Crippen LogP contribution in [0.5, 0.6) is 0 Å². The number of carbonyl (C=O) groups is 1. The molecule has 1 rings (SSSR count). The zero-order valence-electron chi connectivity index (χ0n) is 10.7. The van der Waals surface area contributed by atoms with Crippen LogP contribution < -0.4 is 11.1 Å². The number of nitrogens with two attached hydrogens (primary N) is 1. The fourth-order valence-corrected chi connectivity index (χ4v) is 2.25. The van der Waals surface area contributed by atoms with Crippen molar-refractivity contribution < 1.29 is 10.0 Å². The number of hydrogen-bond donors (Lipinski definition) is 3. The van der Waals surface area contributed by atoms with Crippen molar-refractivity contribution in [2.45, 2.75) is 46.0 Å². The lowest BCUT2D eigenvalue weighted by Crippen LogP contribution is -2.50. The molecule has 17 heavy (non-hydrogen) atoms. The van der Waals surface area contributed by atoms with E-state index in [1.54, 1.807) is 0 Å². The van der Waals surface area contributed by atoms with Crippen LogP contribution in [-0.4, -0.2) is 23.5 Å². The standard InChI is InChI=1S/C12H23N3O2/c1-3-12(4-2,10(13)15-17)11(16)14-8-9-6-5-7-9/h9,17H,3-8H2,1-2H3,(H2,13,15)(H,14,16).